The molecule has 0 N–H and O–H groups in total. The van der Waals surface area contributed by atoms with Gasteiger partial charge in [-0.05, 0) is 67.9 Å². The molecule has 1 fully saturated rings. The summed E-state index contributed by atoms with van der Waals surface area (Å²) in [4.78, 5) is 15.2. The van der Waals surface area contributed by atoms with Gasteiger partial charge in [-0.25, -0.2) is 8.42 Å². The van der Waals surface area contributed by atoms with Crippen LogP contribution in [0.4, 0.5) is 5.69 Å². The molecular weight excluding hydrogens is 412 g/mol. The number of ether oxygens (including phenoxy) is 1. The lowest BCUT2D eigenvalue weighted by Crippen LogP contribution is -2.39. The van der Waals surface area contributed by atoms with E-state index in [1.54, 1.807) is 18.0 Å². The van der Waals surface area contributed by atoms with Crippen LogP contribution in [-0.2, 0) is 16.4 Å². The van der Waals surface area contributed by atoms with Crippen LogP contribution in [0, 0.1) is 5.92 Å². The summed E-state index contributed by atoms with van der Waals surface area (Å²) in [6, 6.07) is 12.3. The van der Waals surface area contributed by atoms with Gasteiger partial charge in [0.05, 0.1) is 23.3 Å². The first-order chi connectivity index (χ1) is 14.8. The number of rotatable bonds is 5. The fourth-order valence-corrected chi connectivity index (χ4v) is 6.22. The second kappa shape index (κ2) is 8.54. The van der Waals surface area contributed by atoms with Crippen molar-refractivity contribution in [1.29, 1.82) is 0 Å². The number of carbonyl (C=O) groups is 1. The van der Waals surface area contributed by atoms with Crippen molar-refractivity contribution in [3.05, 3.63) is 53.6 Å². The molecule has 0 saturated heterocycles. The maximum atomic E-state index is 13.4. The summed E-state index contributed by atoms with van der Waals surface area (Å²) >= 11 is 0. The van der Waals surface area contributed by atoms with Crippen molar-refractivity contribution in [2.24, 2.45) is 5.92 Å². The van der Waals surface area contributed by atoms with Crippen LogP contribution in [0.15, 0.2) is 47.4 Å². The highest BCUT2D eigenvalue weighted by Crippen LogP contribution is 2.35. The third-order valence-corrected chi connectivity index (χ3v) is 8.50. The molecule has 0 atom stereocenters. The molecular formula is C24H30N2O4S. The van der Waals surface area contributed by atoms with Gasteiger partial charge >= 0.3 is 0 Å². The van der Waals surface area contributed by atoms with Crippen LogP contribution in [0.1, 0.15) is 48.5 Å². The van der Waals surface area contributed by atoms with E-state index in [0.29, 0.717) is 30.3 Å². The Morgan fingerprint density at radius 3 is 2.52 bits per heavy atom. The van der Waals surface area contributed by atoms with E-state index in [0.717, 1.165) is 31.2 Å². The number of carbonyl (C=O) groups excluding carboxylic acids is 1. The monoisotopic (exact) mass is 442 g/mol. The first-order valence-electron chi connectivity index (χ1n) is 10.9. The predicted molar refractivity (Wildman–Crippen MR) is 121 cm³/mol. The van der Waals surface area contributed by atoms with Gasteiger partial charge in [-0.15, -0.1) is 0 Å². The molecule has 2 aliphatic rings. The molecule has 2 aromatic rings. The van der Waals surface area contributed by atoms with Crippen LogP contribution < -0.4 is 9.04 Å². The van der Waals surface area contributed by atoms with Crippen molar-refractivity contribution in [2.75, 3.05) is 25.0 Å². The Labute approximate surface area is 184 Å². The number of amides is 1. The molecule has 4 rings (SSSR count). The van der Waals surface area contributed by atoms with Gasteiger partial charge < -0.3 is 9.64 Å². The number of benzene rings is 2. The van der Waals surface area contributed by atoms with E-state index in [-0.39, 0.29) is 22.4 Å². The molecule has 1 saturated carbocycles. The zero-order chi connectivity index (χ0) is 22.2. The minimum absolute atomic E-state index is 0.110. The summed E-state index contributed by atoms with van der Waals surface area (Å²) in [6.07, 6.45) is 4.81. The zero-order valence-corrected chi connectivity index (χ0v) is 19.2. The van der Waals surface area contributed by atoms with Gasteiger partial charge in [0, 0.05) is 19.6 Å². The predicted octanol–water partition coefficient (Wildman–Crippen LogP) is 4.10. The quantitative estimate of drug-likeness (QED) is 0.699. The van der Waals surface area contributed by atoms with Gasteiger partial charge in [0.1, 0.15) is 5.75 Å². The third-order valence-electron chi connectivity index (χ3n) is 6.69. The SMILES string of the molecule is COc1ccc(S(=O)(=O)N2CCc3ccccc32)cc1C(=O)N(C)C1CCC(C)CC1. The normalized spacial score (nSPS) is 20.9. The molecule has 1 heterocycles. The van der Waals surface area contributed by atoms with Crippen molar-refractivity contribution >= 4 is 21.6 Å². The van der Waals surface area contributed by atoms with Gasteiger partial charge in [-0.1, -0.05) is 25.1 Å². The van der Waals surface area contributed by atoms with Crippen LogP contribution in [0.2, 0.25) is 0 Å². The number of anilines is 1. The first-order valence-corrected chi connectivity index (χ1v) is 12.3. The molecule has 0 aromatic heterocycles. The summed E-state index contributed by atoms with van der Waals surface area (Å²) in [5, 5.41) is 0. The molecule has 6 nitrogen and oxygen atoms in total. The van der Waals surface area contributed by atoms with Crippen molar-refractivity contribution in [1.82, 2.24) is 4.90 Å². The van der Waals surface area contributed by atoms with E-state index in [1.807, 2.05) is 24.3 Å². The maximum Gasteiger partial charge on any atom is 0.264 e. The van der Waals surface area contributed by atoms with Crippen LogP contribution in [0.3, 0.4) is 0 Å². The number of fused-ring (bicyclic) bond motifs is 1. The van der Waals surface area contributed by atoms with Crippen LogP contribution in [-0.4, -0.2) is 46.0 Å². The third kappa shape index (κ3) is 4.03. The van der Waals surface area contributed by atoms with Gasteiger partial charge in [0.15, 0.2) is 0 Å². The Balaban J connectivity index is 1.65. The number of para-hydroxylation sites is 1. The summed E-state index contributed by atoms with van der Waals surface area (Å²) < 4.78 is 33.7. The van der Waals surface area contributed by atoms with E-state index in [4.69, 9.17) is 4.74 Å². The van der Waals surface area contributed by atoms with Crippen molar-refractivity contribution in [3.63, 3.8) is 0 Å². The van der Waals surface area contributed by atoms with Crippen LogP contribution in [0.5, 0.6) is 5.75 Å². The van der Waals surface area contributed by atoms with E-state index >= 15 is 0 Å². The Morgan fingerprint density at radius 2 is 1.81 bits per heavy atom. The molecule has 0 radical (unpaired) electrons. The first kappa shape index (κ1) is 21.7. The molecule has 31 heavy (non-hydrogen) atoms. The molecule has 1 aliphatic carbocycles. The standard InChI is InChI=1S/C24H30N2O4S/c1-17-8-10-19(11-9-17)25(2)24(27)21-16-20(12-13-23(21)30-3)31(28,29)26-15-14-18-6-4-5-7-22(18)26/h4-7,12-13,16-17,19H,8-11,14-15H2,1-3H3. The van der Waals surface area contributed by atoms with Gasteiger partial charge in [0.2, 0.25) is 0 Å². The molecule has 2 aromatic carbocycles. The van der Waals surface area contributed by atoms with E-state index in [9.17, 15) is 13.2 Å². The summed E-state index contributed by atoms with van der Waals surface area (Å²) in [5.41, 5.74) is 2.01. The number of methoxy groups -OCH3 is 1. The Hall–Kier alpha value is -2.54. The Morgan fingerprint density at radius 1 is 1.10 bits per heavy atom. The average molecular weight is 443 g/mol. The second-order valence-corrected chi connectivity index (χ2v) is 10.5. The number of hydrogen-bond donors (Lipinski definition) is 0. The number of hydrogen-bond acceptors (Lipinski definition) is 4. The fraction of sp³-hybridized carbons (Fsp3) is 0.458. The fourth-order valence-electron chi connectivity index (χ4n) is 4.69. The smallest absolute Gasteiger partial charge is 0.264 e. The van der Waals surface area contributed by atoms with E-state index < -0.39 is 10.0 Å². The average Bonchev–Trinajstić information content (AvgIpc) is 3.23. The Bertz CT molecular complexity index is 1070. The largest absolute Gasteiger partial charge is 0.496 e. The lowest BCUT2D eigenvalue weighted by Gasteiger charge is -2.34. The van der Waals surface area contributed by atoms with Crippen LogP contribution in [0.25, 0.3) is 0 Å². The highest BCUT2D eigenvalue weighted by atomic mass is 32.2. The van der Waals surface area contributed by atoms with E-state index in [2.05, 4.69) is 6.92 Å². The molecule has 0 spiro atoms. The van der Waals surface area contributed by atoms with E-state index in [1.165, 1.54) is 23.5 Å². The molecule has 166 valence electrons. The highest BCUT2D eigenvalue weighted by molar-refractivity contribution is 7.92. The second-order valence-electron chi connectivity index (χ2n) is 8.65. The molecule has 1 aliphatic heterocycles. The maximum absolute atomic E-state index is 13.4. The summed E-state index contributed by atoms with van der Waals surface area (Å²) in [5.74, 6) is 0.878. The van der Waals surface area contributed by atoms with Crippen LogP contribution >= 0.6 is 0 Å². The zero-order valence-electron chi connectivity index (χ0n) is 18.4. The lowest BCUT2D eigenvalue weighted by atomic mass is 9.86. The van der Waals surface area contributed by atoms with Gasteiger partial charge in [-0.3, -0.25) is 9.10 Å². The lowest BCUT2D eigenvalue weighted by molar-refractivity contribution is 0.0676. The summed E-state index contributed by atoms with van der Waals surface area (Å²) in [7, 11) is -0.479. The van der Waals surface area contributed by atoms with Gasteiger partial charge in [-0.2, -0.15) is 0 Å². The molecule has 1 amide bonds. The molecule has 7 heteroatoms. The minimum Gasteiger partial charge on any atom is -0.496 e. The summed E-state index contributed by atoms with van der Waals surface area (Å²) in [6.45, 7) is 2.64. The Kier molecular flexibility index (Phi) is 5.97. The number of nitrogens with zero attached hydrogens (tertiary/aromatic N) is 2. The van der Waals surface area contributed by atoms with Crippen molar-refractivity contribution in [3.8, 4) is 5.75 Å². The number of sulfonamides is 1. The van der Waals surface area contributed by atoms with Crippen molar-refractivity contribution < 1.29 is 17.9 Å². The minimum atomic E-state index is -3.78. The molecule has 0 unspecified atom stereocenters. The topological polar surface area (TPSA) is 66.9 Å². The highest BCUT2D eigenvalue weighted by Gasteiger charge is 2.33. The molecule has 0 bridgehead atoms. The van der Waals surface area contributed by atoms with Gasteiger partial charge in [0.25, 0.3) is 15.9 Å². The van der Waals surface area contributed by atoms with Crippen molar-refractivity contribution in [2.45, 2.75) is 50.0 Å².